The van der Waals surface area contributed by atoms with E-state index in [1.165, 1.54) is 0 Å². The Morgan fingerprint density at radius 1 is 1.36 bits per heavy atom. The number of halogens is 1. The first kappa shape index (κ1) is 16.2. The van der Waals surface area contributed by atoms with Crippen LogP contribution in [0.15, 0.2) is 24.4 Å². The molecular formula is C19H20ClN5. The highest BCUT2D eigenvalue weighted by Gasteiger charge is 2.30. The molecule has 3 heterocycles. The monoisotopic (exact) mass is 353 g/mol. The molecule has 1 atom stereocenters. The Balaban J connectivity index is 2.04. The largest absolute Gasteiger partial charge is 0.367 e. The lowest BCUT2D eigenvalue weighted by Crippen LogP contribution is -2.31. The van der Waals surface area contributed by atoms with E-state index in [0.717, 1.165) is 47.4 Å². The van der Waals surface area contributed by atoms with Crippen LogP contribution in [0.3, 0.4) is 0 Å². The van der Waals surface area contributed by atoms with Crippen molar-refractivity contribution in [2.75, 3.05) is 32.1 Å². The van der Waals surface area contributed by atoms with Gasteiger partial charge in [-0.25, -0.2) is 4.98 Å². The zero-order valence-electron chi connectivity index (χ0n) is 14.6. The van der Waals surface area contributed by atoms with Crippen LogP contribution in [0, 0.1) is 18.3 Å². The summed E-state index contributed by atoms with van der Waals surface area (Å²) >= 11 is 6.77. The van der Waals surface area contributed by atoms with Gasteiger partial charge < -0.3 is 9.80 Å². The molecular weight excluding hydrogens is 334 g/mol. The highest BCUT2D eigenvalue weighted by atomic mass is 35.5. The van der Waals surface area contributed by atoms with Crippen LogP contribution >= 0.6 is 11.6 Å². The number of pyridine rings is 1. The van der Waals surface area contributed by atoms with E-state index >= 15 is 0 Å². The minimum absolute atomic E-state index is 0.501. The third kappa shape index (κ3) is 2.37. The summed E-state index contributed by atoms with van der Waals surface area (Å²) in [5.74, 6) is 0. The third-order valence-corrected chi connectivity index (χ3v) is 5.69. The van der Waals surface area contributed by atoms with Crippen molar-refractivity contribution in [3.8, 4) is 6.07 Å². The number of hydrogen-bond acceptors (Lipinski definition) is 4. The highest BCUT2D eigenvalue weighted by molar-refractivity contribution is 6.36. The summed E-state index contributed by atoms with van der Waals surface area (Å²) in [4.78, 5) is 9.32. The zero-order valence-corrected chi connectivity index (χ0v) is 15.4. The minimum atomic E-state index is 0.501. The molecule has 0 aliphatic carbocycles. The third-order valence-electron chi connectivity index (χ3n) is 5.22. The van der Waals surface area contributed by atoms with Gasteiger partial charge >= 0.3 is 0 Å². The Kier molecular flexibility index (Phi) is 3.82. The van der Waals surface area contributed by atoms with Crippen LogP contribution in [-0.4, -0.2) is 47.5 Å². The summed E-state index contributed by atoms with van der Waals surface area (Å²) in [7, 11) is 4.23. The summed E-state index contributed by atoms with van der Waals surface area (Å²) in [5, 5.41) is 10.3. The van der Waals surface area contributed by atoms with E-state index in [-0.39, 0.29) is 0 Å². The van der Waals surface area contributed by atoms with Gasteiger partial charge in [0.2, 0.25) is 0 Å². The lowest BCUT2D eigenvalue weighted by molar-refractivity contribution is 0.315. The van der Waals surface area contributed by atoms with Crippen molar-refractivity contribution in [1.82, 2.24) is 14.3 Å². The molecule has 0 unspecified atom stereocenters. The van der Waals surface area contributed by atoms with Crippen LogP contribution in [0.2, 0.25) is 5.02 Å². The molecule has 4 rings (SSSR count). The number of imidazole rings is 1. The number of hydrogen-bond donors (Lipinski definition) is 0. The standard InChI is InChI=1S/C19H20ClN5/c1-12-14(10-21)17-19(25-8-5-4-6-15(25)22-17)18(16(12)20)24-9-7-13(11-24)23(2)3/h4-6,8,13H,7,9,11H2,1-3H3/t13-/m0/s1. The van der Waals surface area contributed by atoms with E-state index in [0.29, 0.717) is 16.6 Å². The molecule has 2 aromatic heterocycles. The van der Waals surface area contributed by atoms with Crippen molar-refractivity contribution < 1.29 is 0 Å². The van der Waals surface area contributed by atoms with Gasteiger partial charge in [0.15, 0.2) is 0 Å². The zero-order chi connectivity index (χ0) is 17.7. The first-order chi connectivity index (χ1) is 12.0. The molecule has 1 aliphatic rings. The van der Waals surface area contributed by atoms with E-state index in [1.807, 2.05) is 35.7 Å². The van der Waals surface area contributed by atoms with Crippen LogP contribution in [0.5, 0.6) is 0 Å². The molecule has 0 radical (unpaired) electrons. The van der Waals surface area contributed by atoms with Crippen LogP contribution in [-0.2, 0) is 0 Å². The first-order valence-corrected chi connectivity index (χ1v) is 8.81. The van der Waals surface area contributed by atoms with E-state index in [2.05, 4.69) is 30.0 Å². The predicted octanol–water partition coefficient (Wildman–Crippen LogP) is 3.46. The van der Waals surface area contributed by atoms with E-state index < -0.39 is 0 Å². The van der Waals surface area contributed by atoms with Crippen molar-refractivity contribution in [3.63, 3.8) is 0 Å². The second-order valence-corrected chi connectivity index (χ2v) is 7.24. The molecule has 0 bridgehead atoms. The van der Waals surface area contributed by atoms with Gasteiger partial charge in [0.05, 0.1) is 21.8 Å². The number of likely N-dealkylation sites (N-methyl/N-ethyl adjacent to an activating group) is 1. The molecule has 128 valence electrons. The van der Waals surface area contributed by atoms with E-state index in [4.69, 9.17) is 16.6 Å². The maximum Gasteiger partial charge on any atom is 0.138 e. The topological polar surface area (TPSA) is 47.6 Å². The van der Waals surface area contributed by atoms with Gasteiger partial charge in [-0.05, 0) is 45.1 Å². The minimum Gasteiger partial charge on any atom is -0.367 e. The van der Waals surface area contributed by atoms with Crippen molar-refractivity contribution in [2.45, 2.75) is 19.4 Å². The predicted molar refractivity (Wildman–Crippen MR) is 101 cm³/mol. The van der Waals surface area contributed by atoms with Gasteiger partial charge in [0, 0.05) is 25.3 Å². The van der Waals surface area contributed by atoms with Crippen LogP contribution in [0.1, 0.15) is 17.5 Å². The fourth-order valence-corrected chi connectivity index (χ4v) is 4.06. The molecule has 0 N–H and O–H groups in total. The van der Waals surface area contributed by atoms with Crippen LogP contribution in [0.4, 0.5) is 5.69 Å². The Bertz CT molecular complexity index is 1010. The molecule has 5 nitrogen and oxygen atoms in total. The van der Waals surface area contributed by atoms with Crippen LogP contribution < -0.4 is 4.90 Å². The molecule has 25 heavy (non-hydrogen) atoms. The molecule has 1 saturated heterocycles. The summed E-state index contributed by atoms with van der Waals surface area (Å²) in [5.41, 5.74) is 4.87. The van der Waals surface area contributed by atoms with E-state index in [9.17, 15) is 5.26 Å². The Labute approximate surface area is 152 Å². The molecule has 1 aliphatic heterocycles. The lowest BCUT2D eigenvalue weighted by Gasteiger charge is -2.24. The maximum absolute atomic E-state index is 9.66. The average molecular weight is 354 g/mol. The van der Waals surface area contributed by atoms with Gasteiger partial charge in [0.1, 0.15) is 17.2 Å². The Morgan fingerprint density at radius 2 is 2.16 bits per heavy atom. The quantitative estimate of drug-likeness (QED) is 0.708. The lowest BCUT2D eigenvalue weighted by atomic mass is 10.1. The maximum atomic E-state index is 9.66. The number of rotatable bonds is 2. The number of benzene rings is 1. The number of nitrogens with zero attached hydrogens (tertiary/aromatic N) is 5. The number of aromatic nitrogens is 2. The van der Waals surface area contributed by atoms with Crippen molar-refractivity contribution in [1.29, 1.82) is 5.26 Å². The van der Waals surface area contributed by atoms with E-state index in [1.54, 1.807) is 0 Å². The fourth-order valence-electron chi connectivity index (χ4n) is 3.76. The normalized spacial score (nSPS) is 17.8. The number of nitriles is 1. The SMILES string of the molecule is Cc1c(Cl)c(N2CC[C@H](N(C)C)C2)c2c(nc3ccccn32)c1C#N. The molecule has 1 aromatic carbocycles. The summed E-state index contributed by atoms with van der Waals surface area (Å²) in [6.07, 6.45) is 3.08. The van der Waals surface area contributed by atoms with Gasteiger partial charge in [-0.15, -0.1) is 0 Å². The second-order valence-electron chi connectivity index (χ2n) is 6.86. The first-order valence-electron chi connectivity index (χ1n) is 8.43. The summed E-state index contributed by atoms with van der Waals surface area (Å²) < 4.78 is 2.04. The smallest absolute Gasteiger partial charge is 0.138 e. The second kappa shape index (κ2) is 5.91. The van der Waals surface area contributed by atoms with Crippen molar-refractivity contribution >= 4 is 34.0 Å². The Morgan fingerprint density at radius 3 is 2.84 bits per heavy atom. The van der Waals surface area contributed by atoms with Gasteiger partial charge in [-0.3, -0.25) is 4.40 Å². The number of fused-ring (bicyclic) bond motifs is 3. The molecule has 6 heteroatoms. The van der Waals surface area contributed by atoms with Gasteiger partial charge in [-0.1, -0.05) is 17.7 Å². The molecule has 0 spiro atoms. The Hall–Kier alpha value is -2.29. The molecule has 0 amide bonds. The van der Waals surface area contributed by atoms with Gasteiger partial charge in [0.25, 0.3) is 0 Å². The molecule has 0 saturated carbocycles. The van der Waals surface area contributed by atoms with Crippen LogP contribution in [0.25, 0.3) is 16.7 Å². The van der Waals surface area contributed by atoms with Crippen molar-refractivity contribution in [3.05, 3.63) is 40.5 Å². The highest BCUT2D eigenvalue weighted by Crippen LogP contribution is 2.41. The van der Waals surface area contributed by atoms with Gasteiger partial charge in [-0.2, -0.15) is 5.26 Å². The average Bonchev–Trinajstić information content (AvgIpc) is 3.22. The fraction of sp³-hybridized carbons (Fsp3) is 0.368. The molecule has 3 aromatic rings. The van der Waals surface area contributed by atoms with Crippen molar-refractivity contribution in [2.24, 2.45) is 0 Å². The number of anilines is 1. The summed E-state index contributed by atoms with van der Waals surface area (Å²) in [6, 6.07) is 8.69. The summed E-state index contributed by atoms with van der Waals surface area (Å²) in [6.45, 7) is 3.78. The molecule has 1 fully saturated rings.